The van der Waals surface area contributed by atoms with Crippen LogP contribution in [0.2, 0.25) is 0 Å². The number of hydrogen-bond acceptors (Lipinski definition) is 3. The van der Waals surface area contributed by atoms with Crippen molar-refractivity contribution in [2.24, 2.45) is 0 Å². The van der Waals surface area contributed by atoms with Crippen LogP contribution in [0.25, 0.3) is 0 Å². The van der Waals surface area contributed by atoms with E-state index in [2.05, 4.69) is 5.32 Å². The number of amides is 1. The number of anilines is 2. The zero-order valence-corrected chi connectivity index (χ0v) is 16.5. The Morgan fingerprint density at radius 2 is 1.57 bits per heavy atom. The SMILES string of the molecule is CN(c1ccccc1)S(=O)(=O)c1cccc(NC(=O)c2cccc(C(F)(F)F)c2)c1. The van der Waals surface area contributed by atoms with Crippen molar-refractivity contribution in [1.82, 2.24) is 0 Å². The molecule has 30 heavy (non-hydrogen) atoms. The molecule has 9 heteroatoms. The van der Waals surface area contributed by atoms with Crippen molar-refractivity contribution < 1.29 is 26.4 Å². The third-order valence-corrected chi connectivity index (χ3v) is 6.10. The minimum atomic E-state index is -4.58. The predicted octanol–water partition coefficient (Wildman–Crippen LogP) is 4.78. The molecule has 0 saturated heterocycles. The van der Waals surface area contributed by atoms with E-state index in [0.717, 1.165) is 22.5 Å². The highest BCUT2D eigenvalue weighted by Crippen LogP contribution is 2.30. The summed E-state index contributed by atoms with van der Waals surface area (Å²) in [4.78, 5) is 12.3. The monoisotopic (exact) mass is 434 g/mol. The first-order valence-corrected chi connectivity index (χ1v) is 10.2. The molecule has 0 aliphatic heterocycles. The molecule has 0 heterocycles. The molecule has 0 aliphatic carbocycles. The molecule has 0 unspecified atom stereocenters. The number of benzene rings is 3. The molecule has 156 valence electrons. The zero-order chi connectivity index (χ0) is 21.9. The normalized spacial score (nSPS) is 11.7. The molecule has 0 radical (unpaired) electrons. The second-order valence-electron chi connectivity index (χ2n) is 6.37. The van der Waals surface area contributed by atoms with Crippen LogP contribution in [-0.4, -0.2) is 21.4 Å². The van der Waals surface area contributed by atoms with Gasteiger partial charge in [0.2, 0.25) is 0 Å². The van der Waals surface area contributed by atoms with Gasteiger partial charge in [0.1, 0.15) is 0 Å². The van der Waals surface area contributed by atoms with Crippen LogP contribution in [0.4, 0.5) is 24.5 Å². The molecule has 0 aromatic heterocycles. The van der Waals surface area contributed by atoms with Crippen molar-refractivity contribution in [2.75, 3.05) is 16.7 Å². The number of alkyl halides is 3. The summed E-state index contributed by atoms with van der Waals surface area (Å²) in [6.45, 7) is 0. The number of halogens is 3. The average molecular weight is 434 g/mol. The van der Waals surface area contributed by atoms with Crippen LogP contribution in [0.15, 0.2) is 83.8 Å². The first kappa shape index (κ1) is 21.4. The lowest BCUT2D eigenvalue weighted by Crippen LogP contribution is -2.26. The van der Waals surface area contributed by atoms with Gasteiger partial charge in [-0.15, -0.1) is 0 Å². The molecular weight excluding hydrogens is 417 g/mol. The summed E-state index contributed by atoms with van der Waals surface area (Å²) in [6.07, 6.45) is -4.58. The van der Waals surface area contributed by atoms with E-state index in [4.69, 9.17) is 0 Å². The van der Waals surface area contributed by atoms with Crippen LogP contribution < -0.4 is 9.62 Å². The molecule has 5 nitrogen and oxygen atoms in total. The van der Waals surface area contributed by atoms with E-state index in [0.29, 0.717) is 5.69 Å². The van der Waals surface area contributed by atoms with Gasteiger partial charge in [0.05, 0.1) is 16.1 Å². The molecule has 1 N–H and O–H groups in total. The maximum absolute atomic E-state index is 12.9. The standard InChI is InChI=1S/C21H17F3N2O3S/c1-26(18-10-3-2-4-11-18)30(28,29)19-12-6-9-17(14-19)25-20(27)15-7-5-8-16(13-15)21(22,23)24/h2-14H,1H3,(H,25,27). The van der Waals surface area contributed by atoms with E-state index in [1.54, 1.807) is 30.3 Å². The second kappa shape index (κ2) is 8.19. The quantitative estimate of drug-likeness (QED) is 0.628. The Bertz CT molecular complexity index is 1160. The molecule has 0 fully saturated rings. The number of nitrogens with one attached hydrogen (secondary N) is 1. The number of carbonyl (C=O) groups is 1. The highest BCUT2D eigenvalue weighted by atomic mass is 32.2. The van der Waals surface area contributed by atoms with Crippen molar-refractivity contribution in [3.8, 4) is 0 Å². The number of nitrogens with zero attached hydrogens (tertiary/aromatic N) is 1. The number of hydrogen-bond donors (Lipinski definition) is 1. The van der Waals surface area contributed by atoms with Crippen molar-refractivity contribution >= 4 is 27.3 Å². The Labute approximate surface area is 171 Å². The van der Waals surface area contributed by atoms with Gasteiger partial charge in [-0.2, -0.15) is 13.2 Å². The van der Waals surface area contributed by atoms with Crippen molar-refractivity contribution in [2.45, 2.75) is 11.1 Å². The summed E-state index contributed by atoms with van der Waals surface area (Å²) in [6, 6.07) is 17.9. The van der Waals surface area contributed by atoms with Gasteiger partial charge >= 0.3 is 6.18 Å². The lowest BCUT2D eigenvalue weighted by Gasteiger charge is -2.20. The highest BCUT2D eigenvalue weighted by Gasteiger charge is 2.31. The van der Waals surface area contributed by atoms with Gasteiger partial charge < -0.3 is 5.32 Å². The molecule has 1 amide bonds. The lowest BCUT2D eigenvalue weighted by molar-refractivity contribution is -0.137. The fourth-order valence-electron chi connectivity index (χ4n) is 2.71. The maximum atomic E-state index is 12.9. The molecule has 3 aromatic rings. The number of carbonyl (C=O) groups excluding carboxylic acids is 1. The summed E-state index contributed by atoms with van der Waals surface area (Å²) >= 11 is 0. The number of para-hydroxylation sites is 1. The molecule has 0 aliphatic rings. The van der Waals surface area contributed by atoms with Crippen molar-refractivity contribution in [1.29, 1.82) is 0 Å². The fraction of sp³-hybridized carbons (Fsp3) is 0.0952. The molecule has 0 saturated carbocycles. The Hall–Kier alpha value is -3.33. The first-order valence-electron chi connectivity index (χ1n) is 8.72. The van der Waals surface area contributed by atoms with Crippen molar-refractivity contribution in [3.05, 3.63) is 90.0 Å². The van der Waals surface area contributed by atoms with Gasteiger partial charge in [0.25, 0.3) is 15.9 Å². The molecule has 0 bridgehead atoms. The van der Waals surface area contributed by atoms with Crippen LogP contribution in [0, 0.1) is 0 Å². The Morgan fingerprint density at radius 1 is 0.900 bits per heavy atom. The Kier molecular flexibility index (Phi) is 5.84. The third kappa shape index (κ3) is 4.62. The van der Waals surface area contributed by atoms with Gasteiger partial charge in [-0.05, 0) is 48.5 Å². The summed E-state index contributed by atoms with van der Waals surface area (Å²) in [5, 5.41) is 2.44. The topological polar surface area (TPSA) is 66.5 Å². The number of sulfonamides is 1. The van der Waals surface area contributed by atoms with Crippen LogP contribution in [0.1, 0.15) is 15.9 Å². The second-order valence-corrected chi connectivity index (χ2v) is 8.34. The fourth-order valence-corrected chi connectivity index (χ4v) is 3.95. The van der Waals surface area contributed by atoms with Crippen LogP contribution >= 0.6 is 0 Å². The van der Waals surface area contributed by atoms with E-state index in [9.17, 15) is 26.4 Å². The van der Waals surface area contributed by atoms with Gasteiger partial charge in [-0.3, -0.25) is 9.10 Å². The van der Waals surface area contributed by atoms with E-state index in [1.165, 1.54) is 37.4 Å². The Balaban J connectivity index is 1.85. The largest absolute Gasteiger partial charge is 0.416 e. The van der Waals surface area contributed by atoms with E-state index in [1.807, 2.05) is 0 Å². The molecule has 0 atom stereocenters. The summed E-state index contributed by atoms with van der Waals surface area (Å²) < 4.78 is 65.4. The van der Waals surface area contributed by atoms with Crippen LogP contribution in [-0.2, 0) is 16.2 Å². The van der Waals surface area contributed by atoms with Crippen LogP contribution in [0.3, 0.4) is 0 Å². The van der Waals surface area contributed by atoms with Gasteiger partial charge in [0.15, 0.2) is 0 Å². The van der Waals surface area contributed by atoms with Gasteiger partial charge in [-0.1, -0.05) is 30.3 Å². The molecule has 3 rings (SSSR count). The van der Waals surface area contributed by atoms with Gasteiger partial charge in [0, 0.05) is 18.3 Å². The minimum absolute atomic E-state index is 0.0734. The highest BCUT2D eigenvalue weighted by molar-refractivity contribution is 7.92. The summed E-state index contributed by atoms with van der Waals surface area (Å²) in [5.74, 6) is -0.785. The molecule has 3 aromatic carbocycles. The molecule has 0 spiro atoms. The lowest BCUT2D eigenvalue weighted by atomic mass is 10.1. The third-order valence-electron chi connectivity index (χ3n) is 4.32. The maximum Gasteiger partial charge on any atom is 0.416 e. The van der Waals surface area contributed by atoms with E-state index < -0.39 is 27.7 Å². The zero-order valence-electron chi connectivity index (χ0n) is 15.7. The van der Waals surface area contributed by atoms with Gasteiger partial charge in [-0.25, -0.2) is 8.42 Å². The molecular formula is C21H17F3N2O3S. The number of rotatable bonds is 5. The van der Waals surface area contributed by atoms with Crippen molar-refractivity contribution in [3.63, 3.8) is 0 Å². The predicted molar refractivity (Wildman–Crippen MR) is 108 cm³/mol. The van der Waals surface area contributed by atoms with E-state index >= 15 is 0 Å². The summed E-state index contributed by atoms with van der Waals surface area (Å²) in [5.41, 5.74) is -0.550. The average Bonchev–Trinajstić information content (AvgIpc) is 2.73. The first-order chi connectivity index (χ1) is 14.1. The summed E-state index contributed by atoms with van der Waals surface area (Å²) in [7, 11) is -2.51. The Morgan fingerprint density at radius 3 is 2.23 bits per heavy atom. The van der Waals surface area contributed by atoms with E-state index in [-0.39, 0.29) is 16.1 Å². The smallest absolute Gasteiger partial charge is 0.322 e. The minimum Gasteiger partial charge on any atom is -0.322 e. The van der Waals surface area contributed by atoms with Crippen LogP contribution in [0.5, 0.6) is 0 Å².